The van der Waals surface area contributed by atoms with Gasteiger partial charge in [-0.2, -0.15) is 0 Å². The van der Waals surface area contributed by atoms with Gasteiger partial charge in [-0.15, -0.1) is 11.6 Å². The van der Waals surface area contributed by atoms with Crippen molar-refractivity contribution in [2.45, 2.75) is 12.5 Å². The smallest absolute Gasteiger partial charge is 0.119 e. The fourth-order valence-corrected chi connectivity index (χ4v) is 2.03. The molecule has 3 heteroatoms. The summed E-state index contributed by atoms with van der Waals surface area (Å²) in [4.78, 5) is 0. The van der Waals surface area contributed by atoms with Crippen LogP contribution in [0.3, 0.4) is 0 Å². The molecule has 0 amide bonds. The molecule has 17 heavy (non-hydrogen) atoms. The van der Waals surface area contributed by atoms with E-state index in [2.05, 4.69) is 15.9 Å². The largest absolute Gasteiger partial charge is 0.489 e. The molecule has 0 heterocycles. The van der Waals surface area contributed by atoms with Crippen molar-refractivity contribution in [2.24, 2.45) is 0 Å². The first-order valence-corrected chi connectivity index (χ1v) is 6.63. The van der Waals surface area contributed by atoms with Gasteiger partial charge in [0.15, 0.2) is 0 Å². The number of hydrogen-bond acceptors (Lipinski definition) is 1. The zero-order chi connectivity index (χ0) is 12.1. The summed E-state index contributed by atoms with van der Waals surface area (Å²) in [5.74, 6) is 1.39. The quantitative estimate of drug-likeness (QED) is 0.739. The van der Waals surface area contributed by atoms with Gasteiger partial charge in [0.05, 0.1) is 0 Å². The molecule has 0 aromatic heterocycles. The van der Waals surface area contributed by atoms with Crippen LogP contribution in [0.25, 0.3) is 0 Å². The molecule has 0 unspecified atom stereocenters. The molecule has 0 radical (unpaired) electrons. The Morgan fingerprint density at radius 2 is 1.71 bits per heavy atom. The van der Waals surface area contributed by atoms with Gasteiger partial charge in [-0.3, -0.25) is 0 Å². The van der Waals surface area contributed by atoms with E-state index in [1.165, 1.54) is 0 Å². The molecule has 0 spiro atoms. The zero-order valence-electron chi connectivity index (χ0n) is 9.20. The highest BCUT2D eigenvalue weighted by Crippen LogP contribution is 2.19. The highest BCUT2D eigenvalue weighted by atomic mass is 79.9. The molecule has 0 atom stereocenters. The van der Waals surface area contributed by atoms with Crippen LogP contribution < -0.4 is 4.74 Å². The Bertz CT molecular complexity index is 482. The number of halogens is 2. The zero-order valence-corrected chi connectivity index (χ0v) is 11.5. The molecule has 2 aromatic carbocycles. The van der Waals surface area contributed by atoms with E-state index >= 15 is 0 Å². The summed E-state index contributed by atoms with van der Waals surface area (Å²) < 4.78 is 6.77. The van der Waals surface area contributed by atoms with Crippen molar-refractivity contribution in [3.05, 3.63) is 64.1 Å². The summed E-state index contributed by atoms with van der Waals surface area (Å²) in [6.45, 7) is 0.557. The minimum atomic E-state index is 0.532. The lowest BCUT2D eigenvalue weighted by Gasteiger charge is -2.08. The maximum Gasteiger partial charge on any atom is 0.119 e. The van der Waals surface area contributed by atoms with Crippen molar-refractivity contribution < 1.29 is 4.74 Å². The third kappa shape index (κ3) is 3.48. The number of benzene rings is 2. The van der Waals surface area contributed by atoms with Crippen molar-refractivity contribution >= 4 is 27.5 Å². The molecule has 88 valence electrons. The summed E-state index contributed by atoms with van der Waals surface area (Å²) in [7, 11) is 0. The van der Waals surface area contributed by atoms with Gasteiger partial charge in [0.1, 0.15) is 12.4 Å². The highest BCUT2D eigenvalue weighted by molar-refractivity contribution is 9.10. The SMILES string of the molecule is ClCc1ccc(OCc2ccccc2Br)cc1. The summed E-state index contributed by atoms with van der Waals surface area (Å²) >= 11 is 9.22. The van der Waals surface area contributed by atoms with Gasteiger partial charge in [0.2, 0.25) is 0 Å². The normalized spacial score (nSPS) is 10.2. The Balaban J connectivity index is 2.00. The minimum absolute atomic E-state index is 0.532. The second-order valence-corrected chi connectivity index (χ2v) is 4.78. The van der Waals surface area contributed by atoms with Crippen LogP contribution in [0.2, 0.25) is 0 Å². The number of ether oxygens (including phenoxy) is 1. The monoisotopic (exact) mass is 310 g/mol. The van der Waals surface area contributed by atoms with E-state index in [1.54, 1.807) is 0 Å². The maximum atomic E-state index is 5.73. The topological polar surface area (TPSA) is 9.23 Å². The lowest BCUT2D eigenvalue weighted by molar-refractivity contribution is 0.305. The highest BCUT2D eigenvalue weighted by Gasteiger charge is 2.00. The van der Waals surface area contributed by atoms with Crippen LogP contribution in [0.5, 0.6) is 5.75 Å². The fourth-order valence-electron chi connectivity index (χ4n) is 1.45. The summed E-state index contributed by atoms with van der Waals surface area (Å²) in [5, 5.41) is 0. The van der Waals surface area contributed by atoms with Crippen LogP contribution in [0.4, 0.5) is 0 Å². The third-order valence-electron chi connectivity index (χ3n) is 2.43. The molecular formula is C14H12BrClO. The maximum absolute atomic E-state index is 5.73. The average Bonchev–Trinajstić information content (AvgIpc) is 2.38. The summed E-state index contributed by atoms with van der Waals surface area (Å²) in [5.41, 5.74) is 2.23. The summed E-state index contributed by atoms with van der Waals surface area (Å²) in [6.07, 6.45) is 0. The molecule has 0 fully saturated rings. The molecule has 0 aliphatic carbocycles. The van der Waals surface area contributed by atoms with Gasteiger partial charge in [-0.1, -0.05) is 46.3 Å². The van der Waals surface area contributed by atoms with Crippen molar-refractivity contribution in [2.75, 3.05) is 0 Å². The van der Waals surface area contributed by atoms with E-state index in [9.17, 15) is 0 Å². The second-order valence-electron chi connectivity index (χ2n) is 3.66. The molecule has 0 bridgehead atoms. The molecule has 0 N–H and O–H groups in total. The van der Waals surface area contributed by atoms with E-state index in [-0.39, 0.29) is 0 Å². The Morgan fingerprint density at radius 1 is 1.00 bits per heavy atom. The second kappa shape index (κ2) is 6.08. The van der Waals surface area contributed by atoms with Crippen molar-refractivity contribution in [3.63, 3.8) is 0 Å². The van der Waals surface area contributed by atoms with E-state index in [1.807, 2.05) is 48.5 Å². The lowest BCUT2D eigenvalue weighted by atomic mass is 10.2. The standard InChI is InChI=1S/C14H12BrClO/c15-14-4-2-1-3-12(14)10-17-13-7-5-11(9-16)6-8-13/h1-8H,9-10H2. The Labute approximate surface area is 115 Å². The van der Waals surface area contributed by atoms with Crippen LogP contribution >= 0.6 is 27.5 Å². The Morgan fingerprint density at radius 3 is 2.35 bits per heavy atom. The molecular weight excluding hydrogens is 300 g/mol. The van der Waals surface area contributed by atoms with E-state index in [0.29, 0.717) is 12.5 Å². The third-order valence-corrected chi connectivity index (χ3v) is 3.51. The number of alkyl halides is 1. The van der Waals surface area contributed by atoms with Gasteiger partial charge < -0.3 is 4.74 Å². The van der Waals surface area contributed by atoms with E-state index in [4.69, 9.17) is 16.3 Å². The van der Waals surface area contributed by atoms with Gasteiger partial charge in [-0.25, -0.2) is 0 Å². The van der Waals surface area contributed by atoms with E-state index in [0.717, 1.165) is 21.3 Å². The predicted molar refractivity (Wildman–Crippen MR) is 74.5 cm³/mol. The van der Waals surface area contributed by atoms with Crippen LogP contribution in [0.1, 0.15) is 11.1 Å². The van der Waals surface area contributed by atoms with Crippen molar-refractivity contribution in [1.29, 1.82) is 0 Å². The number of rotatable bonds is 4. The summed E-state index contributed by atoms with van der Waals surface area (Å²) in [6, 6.07) is 15.9. The average molecular weight is 312 g/mol. The minimum Gasteiger partial charge on any atom is -0.489 e. The molecule has 1 nitrogen and oxygen atoms in total. The first-order valence-electron chi connectivity index (χ1n) is 5.30. The van der Waals surface area contributed by atoms with E-state index < -0.39 is 0 Å². The number of hydrogen-bond donors (Lipinski definition) is 0. The van der Waals surface area contributed by atoms with Crippen LogP contribution in [0, 0.1) is 0 Å². The Kier molecular flexibility index (Phi) is 4.46. The van der Waals surface area contributed by atoms with Crippen LogP contribution in [-0.4, -0.2) is 0 Å². The lowest BCUT2D eigenvalue weighted by Crippen LogP contribution is -1.96. The first-order chi connectivity index (χ1) is 8.29. The Hall–Kier alpha value is -0.990. The fraction of sp³-hybridized carbons (Fsp3) is 0.143. The first kappa shape index (κ1) is 12.5. The molecule has 0 saturated carbocycles. The molecule has 0 saturated heterocycles. The van der Waals surface area contributed by atoms with Gasteiger partial charge >= 0.3 is 0 Å². The molecule has 2 rings (SSSR count). The van der Waals surface area contributed by atoms with Gasteiger partial charge in [0.25, 0.3) is 0 Å². The molecule has 0 aliphatic rings. The predicted octanol–water partition coefficient (Wildman–Crippen LogP) is 4.77. The van der Waals surface area contributed by atoms with Crippen LogP contribution in [0.15, 0.2) is 53.0 Å². The molecule has 2 aromatic rings. The van der Waals surface area contributed by atoms with Crippen molar-refractivity contribution in [1.82, 2.24) is 0 Å². The van der Waals surface area contributed by atoms with Crippen molar-refractivity contribution in [3.8, 4) is 5.75 Å². The van der Waals surface area contributed by atoms with Gasteiger partial charge in [-0.05, 0) is 23.8 Å². The van der Waals surface area contributed by atoms with Crippen LogP contribution in [-0.2, 0) is 12.5 Å². The van der Waals surface area contributed by atoms with Gasteiger partial charge in [0, 0.05) is 15.9 Å². The molecule has 0 aliphatic heterocycles.